The molecule has 0 fully saturated rings. The smallest absolute Gasteiger partial charge is 0.153 e. The van der Waals surface area contributed by atoms with E-state index in [2.05, 4.69) is 26.0 Å². The molecule has 1 heterocycles. The maximum absolute atomic E-state index is 10.3. The molecule has 0 N–H and O–H groups in total. The molecule has 0 spiro atoms. The topological polar surface area (TPSA) is 26.3 Å². The molecule has 0 amide bonds. The number of ether oxygens (including phenoxy) is 1. The second-order valence-electron chi connectivity index (χ2n) is 4.09. The molecule has 2 nitrogen and oxygen atoms in total. The SMILES string of the molecule is CC1(C)Oc2cc(CCC=O)ccc2S1. The summed E-state index contributed by atoms with van der Waals surface area (Å²) in [5.41, 5.74) is 1.17. The fourth-order valence-electron chi connectivity index (χ4n) is 1.65. The molecule has 3 heteroatoms. The molecule has 0 aliphatic carbocycles. The van der Waals surface area contributed by atoms with E-state index in [4.69, 9.17) is 4.74 Å². The van der Waals surface area contributed by atoms with Crippen LogP contribution in [-0.4, -0.2) is 11.2 Å². The number of carbonyl (C=O) groups is 1. The number of hydrogen-bond donors (Lipinski definition) is 0. The lowest BCUT2D eigenvalue weighted by Crippen LogP contribution is -2.18. The van der Waals surface area contributed by atoms with E-state index in [9.17, 15) is 4.79 Å². The third kappa shape index (κ3) is 2.34. The van der Waals surface area contributed by atoms with Crippen LogP contribution in [0.1, 0.15) is 25.8 Å². The molecule has 2 rings (SSSR count). The molecule has 15 heavy (non-hydrogen) atoms. The highest BCUT2D eigenvalue weighted by Gasteiger charge is 2.30. The molecule has 0 unspecified atom stereocenters. The number of benzene rings is 1. The molecule has 80 valence electrons. The summed E-state index contributed by atoms with van der Waals surface area (Å²) in [7, 11) is 0. The van der Waals surface area contributed by atoms with Gasteiger partial charge in [-0.25, -0.2) is 0 Å². The van der Waals surface area contributed by atoms with Crippen LogP contribution in [0.15, 0.2) is 23.1 Å². The zero-order chi connectivity index (χ0) is 10.9. The molecule has 0 atom stereocenters. The Kier molecular flexibility index (Phi) is 2.74. The van der Waals surface area contributed by atoms with E-state index in [0.29, 0.717) is 6.42 Å². The van der Waals surface area contributed by atoms with Crippen LogP contribution < -0.4 is 4.74 Å². The van der Waals surface area contributed by atoms with Gasteiger partial charge in [-0.1, -0.05) is 17.8 Å². The van der Waals surface area contributed by atoms with Crippen LogP contribution in [-0.2, 0) is 11.2 Å². The van der Waals surface area contributed by atoms with E-state index >= 15 is 0 Å². The van der Waals surface area contributed by atoms with Gasteiger partial charge in [0.05, 0.1) is 4.90 Å². The normalized spacial score (nSPS) is 16.9. The van der Waals surface area contributed by atoms with E-state index in [1.54, 1.807) is 11.8 Å². The summed E-state index contributed by atoms with van der Waals surface area (Å²) >= 11 is 1.73. The standard InChI is InChI=1S/C12H14O2S/c1-12(2)14-10-8-9(4-3-7-13)5-6-11(10)15-12/h5-8H,3-4H2,1-2H3. The van der Waals surface area contributed by atoms with Gasteiger partial charge in [0.25, 0.3) is 0 Å². The first-order valence-electron chi connectivity index (χ1n) is 5.05. The van der Waals surface area contributed by atoms with Crippen molar-refractivity contribution in [3.05, 3.63) is 23.8 Å². The number of carbonyl (C=O) groups excluding carboxylic acids is 1. The van der Waals surface area contributed by atoms with Gasteiger partial charge in [0.15, 0.2) is 4.93 Å². The molecule has 0 radical (unpaired) electrons. The van der Waals surface area contributed by atoms with Crippen LogP contribution in [0.25, 0.3) is 0 Å². The van der Waals surface area contributed by atoms with Crippen LogP contribution >= 0.6 is 11.8 Å². The molecular weight excluding hydrogens is 208 g/mol. The summed E-state index contributed by atoms with van der Waals surface area (Å²) in [4.78, 5) is 11.3. The lowest BCUT2D eigenvalue weighted by molar-refractivity contribution is -0.107. The summed E-state index contributed by atoms with van der Waals surface area (Å²) < 4.78 is 5.79. The average molecular weight is 222 g/mol. The number of rotatable bonds is 3. The van der Waals surface area contributed by atoms with E-state index in [0.717, 1.165) is 18.5 Å². The second kappa shape index (κ2) is 3.89. The van der Waals surface area contributed by atoms with Crippen LogP contribution in [0.2, 0.25) is 0 Å². The number of thioether (sulfide) groups is 1. The summed E-state index contributed by atoms with van der Waals surface area (Å²) in [6, 6.07) is 6.19. The minimum Gasteiger partial charge on any atom is -0.476 e. The van der Waals surface area contributed by atoms with Crippen LogP contribution in [0, 0.1) is 0 Å². The van der Waals surface area contributed by atoms with Crippen molar-refractivity contribution in [1.82, 2.24) is 0 Å². The predicted molar refractivity (Wildman–Crippen MR) is 61.4 cm³/mol. The van der Waals surface area contributed by atoms with Crippen molar-refractivity contribution >= 4 is 18.0 Å². The largest absolute Gasteiger partial charge is 0.476 e. The van der Waals surface area contributed by atoms with Gasteiger partial charge in [0.2, 0.25) is 0 Å². The molecular formula is C12H14O2S. The first kappa shape index (κ1) is 10.6. The molecule has 1 aromatic carbocycles. The van der Waals surface area contributed by atoms with Gasteiger partial charge in [-0.05, 0) is 38.0 Å². The van der Waals surface area contributed by atoms with E-state index in [1.165, 1.54) is 10.5 Å². The Morgan fingerprint density at radius 2 is 2.27 bits per heavy atom. The van der Waals surface area contributed by atoms with Crippen LogP contribution in [0.3, 0.4) is 0 Å². The van der Waals surface area contributed by atoms with Crippen molar-refractivity contribution in [1.29, 1.82) is 0 Å². The molecule has 1 aliphatic rings. The van der Waals surface area contributed by atoms with Gasteiger partial charge >= 0.3 is 0 Å². The average Bonchev–Trinajstić information content (AvgIpc) is 2.47. The minimum absolute atomic E-state index is 0.161. The summed E-state index contributed by atoms with van der Waals surface area (Å²) in [5.74, 6) is 0.952. The van der Waals surface area contributed by atoms with Gasteiger partial charge in [-0.15, -0.1) is 0 Å². The summed E-state index contributed by atoms with van der Waals surface area (Å²) in [6.07, 6.45) is 2.33. The van der Waals surface area contributed by atoms with Crippen molar-refractivity contribution in [2.24, 2.45) is 0 Å². The fourth-order valence-corrected chi connectivity index (χ4v) is 2.65. The van der Waals surface area contributed by atoms with Gasteiger partial charge in [0.1, 0.15) is 12.0 Å². The van der Waals surface area contributed by atoms with Crippen molar-refractivity contribution in [3.63, 3.8) is 0 Å². The maximum Gasteiger partial charge on any atom is 0.153 e. The van der Waals surface area contributed by atoms with Gasteiger partial charge in [0, 0.05) is 6.42 Å². The maximum atomic E-state index is 10.3. The molecule has 0 bridgehead atoms. The summed E-state index contributed by atoms with van der Waals surface area (Å²) in [5, 5.41) is 0. The van der Waals surface area contributed by atoms with E-state index < -0.39 is 0 Å². The number of aryl methyl sites for hydroxylation is 1. The minimum atomic E-state index is -0.161. The lowest BCUT2D eigenvalue weighted by atomic mass is 10.1. The first-order chi connectivity index (χ1) is 7.11. The Balaban J connectivity index is 2.18. The Hall–Kier alpha value is -0.960. The Bertz CT molecular complexity index is 385. The Morgan fingerprint density at radius 1 is 1.47 bits per heavy atom. The number of hydrogen-bond acceptors (Lipinski definition) is 3. The van der Waals surface area contributed by atoms with Gasteiger partial charge in [-0.3, -0.25) is 0 Å². The van der Waals surface area contributed by atoms with E-state index in [1.807, 2.05) is 6.07 Å². The Morgan fingerprint density at radius 3 is 3.00 bits per heavy atom. The monoisotopic (exact) mass is 222 g/mol. The number of aldehydes is 1. The van der Waals surface area contributed by atoms with Crippen molar-refractivity contribution < 1.29 is 9.53 Å². The highest BCUT2D eigenvalue weighted by molar-refractivity contribution is 8.00. The van der Waals surface area contributed by atoms with Gasteiger partial charge in [-0.2, -0.15) is 0 Å². The van der Waals surface area contributed by atoms with Crippen molar-refractivity contribution in [3.8, 4) is 5.75 Å². The zero-order valence-corrected chi connectivity index (χ0v) is 9.76. The van der Waals surface area contributed by atoms with Crippen molar-refractivity contribution in [2.45, 2.75) is 36.5 Å². The van der Waals surface area contributed by atoms with E-state index in [-0.39, 0.29) is 4.93 Å². The highest BCUT2D eigenvalue weighted by Crippen LogP contribution is 2.47. The zero-order valence-electron chi connectivity index (χ0n) is 8.95. The van der Waals surface area contributed by atoms with Crippen molar-refractivity contribution in [2.75, 3.05) is 0 Å². The first-order valence-corrected chi connectivity index (χ1v) is 5.87. The molecule has 0 aromatic heterocycles. The molecule has 1 aromatic rings. The lowest BCUT2D eigenvalue weighted by Gasteiger charge is -2.15. The quantitative estimate of drug-likeness (QED) is 0.735. The third-order valence-corrected chi connectivity index (χ3v) is 3.40. The molecule has 0 saturated heterocycles. The van der Waals surface area contributed by atoms with Gasteiger partial charge < -0.3 is 9.53 Å². The van der Waals surface area contributed by atoms with Crippen LogP contribution in [0.4, 0.5) is 0 Å². The number of fused-ring (bicyclic) bond motifs is 1. The molecule has 0 saturated carbocycles. The molecule has 1 aliphatic heterocycles. The third-order valence-electron chi connectivity index (χ3n) is 2.27. The highest BCUT2D eigenvalue weighted by atomic mass is 32.2. The Labute approximate surface area is 94.0 Å². The fraction of sp³-hybridized carbons (Fsp3) is 0.417. The second-order valence-corrected chi connectivity index (χ2v) is 5.72. The predicted octanol–water partition coefficient (Wildman–Crippen LogP) is 3.04. The van der Waals surface area contributed by atoms with Crippen LogP contribution in [0.5, 0.6) is 5.75 Å². The summed E-state index contributed by atoms with van der Waals surface area (Å²) in [6.45, 7) is 4.12.